The number of nitrogens with zero attached hydrogens (tertiary/aromatic N) is 2. The fourth-order valence-electron chi connectivity index (χ4n) is 3.06. The molecule has 4 N–H and O–H groups in total. The van der Waals surface area contributed by atoms with Gasteiger partial charge >= 0.3 is 18.3 Å². The van der Waals surface area contributed by atoms with Gasteiger partial charge in [0, 0.05) is 22.9 Å². The molecule has 31 heavy (non-hydrogen) atoms. The van der Waals surface area contributed by atoms with Crippen LogP contribution in [0.15, 0.2) is 24.4 Å². The highest BCUT2D eigenvalue weighted by molar-refractivity contribution is 6.04. The van der Waals surface area contributed by atoms with E-state index in [9.17, 15) is 39.9 Å². The molecule has 0 radical (unpaired) electrons. The van der Waals surface area contributed by atoms with Crippen molar-refractivity contribution in [2.75, 3.05) is 0 Å². The molecule has 0 aliphatic rings. The van der Waals surface area contributed by atoms with Crippen molar-refractivity contribution in [1.29, 1.82) is 0 Å². The van der Waals surface area contributed by atoms with E-state index < -0.39 is 46.7 Å². The molecule has 0 unspecified atom stereocenters. The van der Waals surface area contributed by atoms with Crippen LogP contribution in [0.5, 0.6) is 0 Å². The van der Waals surface area contributed by atoms with Gasteiger partial charge in [0.1, 0.15) is 17.0 Å². The molecular formula is C17H11F8N5O. The maximum absolute atomic E-state index is 13.9. The molecule has 3 rings (SSSR count). The topological polar surface area (TPSA) is 100 Å². The Kier molecular flexibility index (Phi) is 5.06. The maximum atomic E-state index is 13.9. The molecule has 0 aliphatic heterocycles. The number of benzene rings is 1. The highest BCUT2D eigenvalue weighted by Gasteiger charge is 2.63. The minimum absolute atomic E-state index is 0.00604. The number of hydrogen-bond acceptors (Lipinski definition) is 3. The van der Waals surface area contributed by atoms with Gasteiger partial charge < -0.3 is 5.73 Å². The number of aromatic nitrogens is 4. The van der Waals surface area contributed by atoms with Crippen LogP contribution in [-0.4, -0.2) is 32.5 Å². The third-order valence-corrected chi connectivity index (χ3v) is 4.41. The SMILES string of the molecule is Cc1ccc(C(N)=O)c(-c2ccn[nH]2)c1-c1n[nH]c(C(F)(F)C(F)(F)F)c1C(F)(F)F. The Morgan fingerprint density at radius 1 is 0.968 bits per heavy atom. The summed E-state index contributed by atoms with van der Waals surface area (Å²) in [6.07, 6.45) is -10.8. The lowest BCUT2D eigenvalue weighted by atomic mass is 9.89. The molecule has 2 aromatic heterocycles. The summed E-state index contributed by atoms with van der Waals surface area (Å²) >= 11 is 0. The Bertz CT molecular complexity index is 1130. The van der Waals surface area contributed by atoms with E-state index in [0.717, 1.165) is 6.07 Å². The summed E-state index contributed by atoms with van der Waals surface area (Å²) in [6.45, 7) is 1.26. The lowest BCUT2D eigenvalue weighted by Gasteiger charge is -2.21. The number of primary amides is 1. The van der Waals surface area contributed by atoms with Crippen molar-refractivity contribution < 1.29 is 39.9 Å². The summed E-state index contributed by atoms with van der Waals surface area (Å²) in [5.74, 6) is -6.97. The van der Waals surface area contributed by atoms with Gasteiger partial charge in [-0.15, -0.1) is 0 Å². The van der Waals surface area contributed by atoms with E-state index in [0.29, 0.717) is 0 Å². The number of aromatic amines is 2. The fourth-order valence-corrected chi connectivity index (χ4v) is 3.06. The Hall–Kier alpha value is -3.45. The summed E-state index contributed by atoms with van der Waals surface area (Å²) in [4.78, 5) is 11.9. The standard InChI is InChI=1S/C17H11F8N5O/c1-6-2-3-7(14(26)31)10(8-4-5-27-28-8)9(6)12-11(16(20,21)22)13(30-29-12)15(18,19)17(23,24)25/h2-5H,1H3,(H2,26,31)(H,27,28)(H,29,30). The number of carbonyl (C=O) groups is 1. The Morgan fingerprint density at radius 3 is 2.10 bits per heavy atom. The van der Waals surface area contributed by atoms with E-state index in [-0.39, 0.29) is 22.4 Å². The predicted molar refractivity (Wildman–Crippen MR) is 89.8 cm³/mol. The Morgan fingerprint density at radius 2 is 1.61 bits per heavy atom. The van der Waals surface area contributed by atoms with Gasteiger partial charge in [-0.25, -0.2) is 0 Å². The number of nitrogens with two attached hydrogens (primary N) is 1. The van der Waals surface area contributed by atoms with Gasteiger partial charge in [-0.2, -0.15) is 45.3 Å². The lowest BCUT2D eigenvalue weighted by Crippen LogP contribution is -2.36. The molecule has 0 aliphatic carbocycles. The van der Waals surface area contributed by atoms with Gasteiger partial charge in [-0.3, -0.25) is 15.0 Å². The van der Waals surface area contributed by atoms with Crippen LogP contribution < -0.4 is 5.73 Å². The molecule has 14 heteroatoms. The number of aryl methyl sites for hydroxylation is 1. The van der Waals surface area contributed by atoms with Crippen LogP contribution in [0.1, 0.15) is 27.2 Å². The van der Waals surface area contributed by atoms with Crippen LogP contribution in [0.4, 0.5) is 35.1 Å². The molecule has 0 saturated heterocycles. The van der Waals surface area contributed by atoms with Crippen LogP contribution >= 0.6 is 0 Å². The largest absolute Gasteiger partial charge is 0.459 e. The van der Waals surface area contributed by atoms with Gasteiger partial charge in [0.25, 0.3) is 0 Å². The van der Waals surface area contributed by atoms with Crippen molar-refractivity contribution in [3.8, 4) is 22.5 Å². The van der Waals surface area contributed by atoms with E-state index >= 15 is 0 Å². The van der Waals surface area contributed by atoms with Crippen LogP contribution in [0, 0.1) is 6.92 Å². The lowest BCUT2D eigenvalue weighted by molar-refractivity contribution is -0.292. The summed E-state index contributed by atoms with van der Waals surface area (Å²) in [7, 11) is 0. The third kappa shape index (κ3) is 3.61. The molecule has 1 aromatic carbocycles. The maximum Gasteiger partial charge on any atom is 0.459 e. The van der Waals surface area contributed by atoms with Crippen LogP contribution in [-0.2, 0) is 12.1 Å². The van der Waals surface area contributed by atoms with E-state index in [4.69, 9.17) is 5.73 Å². The van der Waals surface area contributed by atoms with E-state index in [1.807, 2.05) is 0 Å². The van der Waals surface area contributed by atoms with Gasteiger partial charge in [0.05, 0.1) is 5.69 Å². The number of H-pyrrole nitrogens is 2. The monoisotopic (exact) mass is 453 g/mol. The first-order valence-electron chi connectivity index (χ1n) is 8.22. The number of nitrogens with one attached hydrogen (secondary N) is 2. The molecule has 0 bridgehead atoms. The van der Waals surface area contributed by atoms with Gasteiger partial charge in [-0.1, -0.05) is 6.07 Å². The zero-order valence-electron chi connectivity index (χ0n) is 15.2. The first-order valence-corrected chi connectivity index (χ1v) is 8.22. The Labute approximate surface area is 167 Å². The fraction of sp³-hybridized carbons (Fsp3) is 0.235. The van der Waals surface area contributed by atoms with E-state index in [1.165, 1.54) is 30.4 Å². The second-order valence-corrected chi connectivity index (χ2v) is 6.41. The molecule has 0 fully saturated rings. The number of halogens is 8. The molecule has 0 spiro atoms. The quantitative estimate of drug-likeness (QED) is 0.506. The summed E-state index contributed by atoms with van der Waals surface area (Å²) < 4.78 is 107. The van der Waals surface area contributed by atoms with Crippen molar-refractivity contribution in [1.82, 2.24) is 20.4 Å². The van der Waals surface area contributed by atoms with E-state index in [2.05, 4.69) is 15.3 Å². The second-order valence-electron chi connectivity index (χ2n) is 6.41. The zero-order valence-corrected chi connectivity index (χ0v) is 15.2. The van der Waals surface area contributed by atoms with Gasteiger partial charge in [0.2, 0.25) is 5.91 Å². The highest BCUT2D eigenvalue weighted by atomic mass is 19.4. The van der Waals surface area contributed by atoms with Crippen molar-refractivity contribution in [2.45, 2.75) is 25.2 Å². The van der Waals surface area contributed by atoms with Crippen molar-refractivity contribution in [3.63, 3.8) is 0 Å². The average Bonchev–Trinajstić information content (AvgIpc) is 3.29. The van der Waals surface area contributed by atoms with Gasteiger partial charge in [0.15, 0.2) is 0 Å². The number of rotatable bonds is 4. The number of amides is 1. The van der Waals surface area contributed by atoms with Crippen molar-refractivity contribution in [2.24, 2.45) is 5.73 Å². The molecule has 166 valence electrons. The predicted octanol–water partition coefficient (Wildman–Crippen LogP) is 4.55. The van der Waals surface area contributed by atoms with Crippen LogP contribution in [0.3, 0.4) is 0 Å². The van der Waals surface area contributed by atoms with Crippen LogP contribution in [0.25, 0.3) is 22.5 Å². The number of alkyl halides is 8. The average molecular weight is 453 g/mol. The van der Waals surface area contributed by atoms with Gasteiger partial charge in [-0.05, 0) is 24.6 Å². The Balaban J connectivity index is 2.46. The third-order valence-electron chi connectivity index (χ3n) is 4.41. The summed E-state index contributed by atoms with van der Waals surface area (Å²) in [5.41, 5.74) is -1.94. The molecule has 1 amide bonds. The number of carbonyl (C=O) groups excluding carboxylic acids is 1. The highest BCUT2D eigenvalue weighted by Crippen LogP contribution is 2.51. The molecule has 6 nitrogen and oxygen atoms in total. The molecule has 3 aromatic rings. The smallest absolute Gasteiger partial charge is 0.366 e. The first kappa shape index (κ1) is 22.2. The minimum Gasteiger partial charge on any atom is -0.366 e. The van der Waals surface area contributed by atoms with Crippen molar-refractivity contribution in [3.05, 3.63) is 46.8 Å². The summed E-state index contributed by atoms with van der Waals surface area (Å²) in [5, 5.41) is 10.4. The normalized spacial score (nSPS) is 12.9. The van der Waals surface area contributed by atoms with E-state index in [1.54, 1.807) is 0 Å². The number of hydrogen-bond donors (Lipinski definition) is 3. The summed E-state index contributed by atoms with van der Waals surface area (Å²) in [6, 6.07) is 3.57. The molecule has 0 atom stereocenters. The first-order chi connectivity index (χ1) is 14.2. The van der Waals surface area contributed by atoms with Crippen LogP contribution in [0.2, 0.25) is 0 Å². The molecule has 0 saturated carbocycles. The van der Waals surface area contributed by atoms with Crippen molar-refractivity contribution >= 4 is 5.91 Å². The second kappa shape index (κ2) is 7.06. The zero-order chi connectivity index (χ0) is 23.4. The minimum atomic E-state index is -6.33. The molecular weight excluding hydrogens is 442 g/mol. The molecule has 2 heterocycles.